The van der Waals surface area contributed by atoms with Gasteiger partial charge in [-0.15, -0.1) is 11.3 Å². The molecular formula is C13H13N3OS2. The highest BCUT2D eigenvalue weighted by Crippen LogP contribution is 2.35. The van der Waals surface area contributed by atoms with Crippen LogP contribution in [0.3, 0.4) is 0 Å². The van der Waals surface area contributed by atoms with Gasteiger partial charge in [-0.05, 0) is 30.7 Å². The lowest BCUT2D eigenvalue weighted by Crippen LogP contribution is -2.13. The van der Waals surface area contributed by atoms with E-state index in [0.717, 1.165) is 29.5 Å². The van der Waals surface area contributed by atoms with Gasteiger partial charge in [0.05, 0.1) is 17.2 Å². The van der Waals surface area contributed by atoms with E-state index in [9.17, 15) is 4.79 Å². The van der Waals surface area contributed by atoms with Crippen LogP contribution < -0.4 is 5.56 Å². The number of aromatic amines is 1. The highest BCUT2D eigenvalue weighted by atomic mass is 32.2. The lowest BCUT2D eigenvalue weighted by molar-refractivity contribution is 0.509. The first kappa shape index (κ1) is 12.7. The van der Waals surface area contributed by atoms with Gasteiger partial charge in [0.25, 0.3) is 5.56 Å². The maximum absolute atomic E-state index is 12.2. The van der Waals surface area contributed by atoms with Gasteiger partial charge in [-0.3, -0.25) is 4.79 Å². The van der Waals surface area contributed by atoms with Crippen molar-refractivity contribution >= 4 is 33.3 Å². The fourth-order valence-corrected chi connectivity index (χ4v) is 4.46. The van der Waals surface area contributed by atoms with Crippen molar-refractivity contribution < 1.29 is 0 Å². The second-order valence-electron chi connectivity index (χ2n) is 4.85. The van der Waals surface area contributed by atoms with Crippen molar-refractivity contribution in [2.45, 2.75) is 31.3 Å². The maximum atomic E-state index is 12.2. The number of H-pyrrole nitrogens is 1. The molecule has 1 aliphatic carbocycles. The van der Waals surface area contributed by atoms with Gasteiger partial charge in [-0.1, -0.05) is 18.7 Å². The molecule has 4 nitrogen and oxygen atoms in total. The second-order valence-corrected chi connectivity index (χ2v) is 6.90. The van der Waals surface area contributed by atoms with E-state index in [1.165, 1.54) is 22.2 Å². The number of hydrogen-bond acceptors (Lipinski definition) is 5. The summed E-state index contributed by atoms with van der Waals surface area (Å²) in [6.07, 6.45) is 3.17. The molecule has 1 N–H and O–H groups in total. The Morgan fingerprint density at radius 2 is 2.47 bits per heavy atom. The quantitative estimate of drug-likeness (QED) is 0.682. The molecule has 1 aliphatic rings. The molecule has 0 unspecified atom stereocenters. The molecule has 6 heteroatoms. The zero-order chi connectivity index (χ0) is 13.4. The molecule has 0 saturated heterocycles. The summed E-state index contributed by atoms with van der Waals surface area (Å²) in [5.41, 5.74) is 1.14. The molecule has 19 heavy (non-hydrogen) atoms. The molecule has 2 aromatic rings. The number of hydrogen-bond donors (Lipinski definition) is 1. The van der Waals surface area contributed by atoms with E-state index in [4.69, 9.17) is 5.26 Å². The Hall–Kier alpha value is -1.32. The molecule has 0 bridgehead atoms. The Labute approximate surface area is 118 Å². The maximum Gasteiger partial charge on any atom is 0.260 e. The van der Waals surface area contributed by atoms with Crippen LogP contribution in [0.15, 0.2) is 9.95 Å². The van der Waals surface area contributed by atoms with Gasteiger partial charge in [0, 0.05) is 4.88 Å². The summed E-state index contributed by atoms with van der Waals surface area (Å²) in [5.74, 6) is 0.989. The van der Waals surface area contributed by atoms with Crippen LogP contribution in [0.4, 0.5) is 0 Å². The topological polar surface area (TPSA) is 69.5 Å². The van der Waals surface area contributed by atoms with Gasteiger partial charge < -0.3 is 4.98 Å². The molecule has 0 saturated carbocycles. The van der Waals surface area contributed by atoms with E-state index in [1.807, 2.05) is 6.07 Å². The molecule has 0 spiro atoms. The lowest BCUT2D eigenvalue weighted by Gasteiger charge is -2.17. The van der Waals surface area contributed by atoms with E-state index in [-0.39, 0.29) is 5.56 Å². The Kier molecular flexibility index (Phi) is 3.33. The number of fused-ring (bicyclic) bond motifs is 3. The SMILES string of the molecule is C[C@@H]1CCc2c(sc3nc(SCC#N)[nH]c(=O)c23)C1. The van der Waals surface area contributed by atoms with E-state index in [2.05, 4.69) is 16.9 Å². The predicted octanol–water partition coefficient (Wildman–Crippen LogP) is 2.73. The Morgan fingerprint density at radius 1 is 1.63 bits per heavy atom. The molecule has 0 fully saturated rings. The van der Waals surface area contributed by atoms with Crippen LogP contribution in [-0.2, 0) is 12.8 Å². The summed E-state index contributed by atoms with van der Waals surface area (Å²) in [5, 5.41) is 9.90. The smallest absolute Gasteiger partial charge is 0.260 e. The Morgan fingerprint density at radius 3 is 3.26 bits per heavy atom. The monoisotopic (exact) mass is 291 g/mol. The number of aryl methyl sites for hydroxylation is 1. The average molecular weight is 291 g/mol. The summed E-state index contributed by atoms with van der Waals surface area (Å²) in [6.45, 7) is 2.25. The van der Waals surface area contributed by atoms with Gasteiger partial charge in [0.2, 0.25) is 0 Å². The van der Waals surface area contributed by atoms with Crippen LogP contribution in [0.2, 0.25) is 0 Å². The summed E-state index contributed by atoms with van der Waals surface area (Å²) >= 11 is 2.91. The van der Waals surface area contributed by atoms with Crippen LogP contribution >= 0.6 is 23.1 Å². The van der Waals surface area contributed by atoms with Crippen LogP contribution in [0.25, 0.3) is 10.2 Å². The van der Waals surface area contributed by atoms with Crippen LogP contribution in [-0.4, -0.2) is 15.7 Å². The Bertz CT molecular complexity index is 726. The van der Waals surface area contributed by atoms with Crippen molar-refractivity contribution in [3.8, 4) is 6.07 Å². The molecule has 0 aliphatic heterocycles. The van der Waals surface area contributed by atoms with Crippen molar-refractivity contribution in [3.05, 3.63) is 20.8 Å². The number of rotatable bonds is 2. The highest BCUT2D eigenvalue weighted by molar-refractivity contribution is 7.99. The number of thiophene rings is 1. The van der Waals surface area contributed by atoms with Crippen molar-refractivity contribution in [1.29, 1.82) is 5.26 Å². The van der Waals surface area contributed by atoms with Gasteiger partial charge in [0.15, 0.2) is 5.16 Å². The molecule has 2 aromatic heterocycles. The van der Waals surface area contributed by atoms with E-state index < -0.39 is 0 Å². The molecule has 1 atom stereocenters. The average Bonchev–Trinajstić information content (AvgIpc) is 2.73. The molecule has 98 valence electrons. The number of aromatic nitrogens is 2. The summed E-state index contributed by atoms with van der Waals surface area (Å²) < 4.78 is 0. The zero-order valence-electron chi connectivity index (χ0n) is 10.5. The summed E-state index contributed by atoms with van der Waals surface area (Å²) in [4.78, 5) is 21.6. The van der Waals surface area contributed by atoms with Gasteiger partial charge in [0.1, 0.15) is 4.83 Å². The van der Waals surface area contributed by atoms with Crippen molar-refractivity contribution in [2.75, 3.05) is 5.75 Å². The fourth-order valence-electron chi connectivity index (χ4n) is 2.50. The fraction of sp³-hybridized carbons (Fsp3) is 0.462. The van der Waals surface area contributed by atoms with Crippen molar-refractivity contribution in [2.24, 2.45) is 5.92 Å². The third-order valence-electron chi connectivity index (χ3n) is 3.42. The first-order valence-corrected chi connectivity index (χ1v) is 8.03. The summed E-state index contributed by atoms with van der Waals surface area (Å²) in [7, 11) is 0. The number of nitrogens with one attached hydrogen (secondary N) is 1. The predicted molar refractivity (Wildman–Crippen MR) is 77.8 cm³/mol. The molecular weight excluding hydrogens is 278 g/mol. The Balaban J connectivity index is 2.12. The molecule has 0 aromatic carbocycles. The first-order valence-electron chi connectivity index (χ1n) is 6.23. The van der Waals surface area contributed by atoms with Crippen LogP contribution in [0.5, 0.6) is 0 Å². The largest absolute Gasteiger partial charge is 0.301 e. The molecule has 3 rings (SSSR count). The minimum Gasteiger partial charge on any atom is -0.301 e. The van der Waals surface area contributed by atoms with E-state index in [0.29, 0.717) is 16.8 Å². The van der Waals surface area contributed by atoms with E-state index >= 15 is 0 Å². The third-order valence-corrected chi connectivity index (χ3v) is 5.31. The van der Waals surface area contributed by atoms with Crippen LogP contribution in [0.1, 0.15) is 23.8 Å². The summed E-state index contributed by atoms with van der Waals surface area (Å²) in [6, 6.07) is 2.04. The van der Waals surface area contributed by atoms with Gasteiger partial charge in [-0.2, -0.15) is 5.26 Å². The van der Waals surface area contributed by atoms with Gasteiger partial charge >= 0.3 is 0 Å². The molecule has 0 radical (unpaired) electrons. The van der Waals surface area contributed by atoms with E-state index in [1.54, 1.807) is 11.3 Å². The minimum atomic E-state index is -0.0579. The van der Waals surface area contributed by atoms with Crippen molar-refractivity contribution in [3.63, 3.8) is 0 Å². The van der Waals surface area contributed by atoms with Gasteiger partial charge in [-0.25, -0.2) is 4.98 Å². The number of nitriles is 1. The second kappa shape index (κ2) is 4.99. The normalized spacial score (nSPS) is 18.2. The third kappa shape index (κ3) is 2.28. The number of nitrogens with zero attached hydrogens (tertiary/aromatic N) is 2. The minimum absolute atomic E-state index is 0.0579. The standard InChI is InChI=1S/C13H13N3OS2/c1-7-2-3-8-9(6-7)19-12-10(8)11(17)15-13(16-12)18-5-4-14/h7H,2-3,5-6H2,1H3,(H,15,16,17)/t7-/m1/s1. The highest BCUT2D eigenvalue weighted by Gasteiger charge is 2.22. The number of thioether (sulfide) groups is 1. The zero-order valence-corrected chi connectivity index (χ0v) is 12.2. The lowest BCUT2D eigenvalue weighted by atomic mass is 9.89. The molecule has 0 amide bonds. The van der Waals surface area contributed by atoms with Crippen molar-refractivity contribution in [1.82, 2.24) is 9.97 Å². The molecule has 2 heterocycles. The van der Waals surface area contributed by atoms with Crippen LogP contribution in [0, 0.1) is 17.2 Å². The first-order chi connectivity index (χ1) is 9.19.